The summed E-state index contributed by atoms with van der Waals surface area (Å²) in [6.45, 7) is 1.97. The van der Waals surface area contributed by atoms with Gasteiger partial charge in [0.25, 0.3) is 0 Å². The summed E-state index contributed by atoms with van der Waals surface area (Å²) in [4.78, 5) is 4.31. The molecule has 0 saturated heterocycles. The maximum absolute atomic E-state index is 13.3. The van der Waals surface area contributed by atoms with Crippen LogP contribution in [0.15, 0.2) is 36.5 Å². The monoisotopic (exact) mass is 262 g/mol. The molecule has 0 amide bonds. The van der Waals surface area contributed by atoms with Gasteiger partial charge in [0.15, 0.2) is 0 Å². The van der Waals surface area contributed by atoms with E-state index in [0.29, 0.717) is 12.0 Å². The van der Waals surface area contributed by atoms with Gasteiger partial charge in [-0.3, -0.25) is 4.98 Å². The number of likely N-dealkylation sites (N-methyl/N-ethyl adjacent to an activating group) is 1. The van der Waals surface area contributed by atoms with Gasteiger partial charge in [-0.15, -0.1) is 0 Å². The number of nitrogens with one attached hydrogen (secondary N) is 1. The van der Waals surface area contributed by atoms with Crippen molar-refractivity contribution in [3.05, 3.63) is 65.0 Å². The number of rotatable bonds is 4. The highest BCUT2D eigenvalue weighted by Gasteiger charge is 2.14. The summed E-state index contributed by atoms with van der Waals surface area (Å²) >= 11 is 0. The Morgan fingerprint density at radius 2 is 1.89 bits per heavy atom. The molecular formula is C15H16F2N2. The SMILES string of the molecule is CNC(Cc1ncccc1C)c1cc(F)cc(F)c1. The average molecular weight is 262 g/mol. The van der Waals surface area contributed by atoms with Crippen LogP contribution in [0.3, 0.4) is 0 Å². The van der Waals surface area contributed by atoms with Crippen LogP contribution in [-0.4, -0.2) is 12.0 Å². The number of aryl methyl sites for hydroxylation is 1. The zero-order valence-electron chi connectivity index (χ0n) is 11.0. The highest BCUT2D eigenvalue weighted by atomic mass is 19.1. The van der Waals surface area contributed by atoms with Crippen molar-refractivity contribution in [2.45, 2.75) is 19.4 Å². The molecule has 1 heterocycles. The molecule has 0 radical (unpaired) electrons. The lowest BCUT2D eigenvalue weighted by atomic mass is 9.99. The summed E-state index contributed by atoms with van der Waals surface area (Å²) in [5.41, 5.74) is 2.58. The molecule has 1 atom stereocenters. The molecule has 1 N–H and O–H groups in total. The van der Waals surface area contributed by atoms with Gasteiger partial charge in [0.1, 0.15) is 11.6 Å². The minimum atomic E-state index is -0.562. The van der Waals surface area contributed by atoms with E-state index in [1.165, 1.54) is 12.1 Å². The second-order valence-electron chi connectivity index (χ2n) is 4.52. The second kappa shape index (κ2) is 5.89. The Balaban J connectivity index is 2.28. The molecular weight excluding hydrogens is 246 g/mol. The quantitative estimate of drug-likeness (QED) is 0.915. The number of halogens is 2. The fourth-order valence-electron chi connectivity index (χ4n) is 2.09. The van der Waals surface area contributed by atoms with Gasteiger partial charge in [0, 0.05) is 30.4 Å². The maximum Gasteiger partial charge on any atom is 0.126 e. The Morgan fingerprint density at radius 1 is 1.21 bits per heavy atom. The molecule has 100 valence electrons. The number of hydrogen-bond donors (Lipinski definition) is 1. The third-order valence-corrected chi connectivity index (χ3v) is 3.15. The second-order valence-corrected chi connectivity index (χ2v) is 4.52. The molecule has 0 fully saturated rings. The molecule has 0 aliphatic rings. The normalized spacial score (nSPS) is 12.4. The molecule has 2 aromatic rings. The van der Waals surface area contributed by atoms with E-state index < -0.39 is 11.6 Å². The highest BCUT2D eigenvalue weighted by Crippen LogP contribution is 2.20. The number of aromatic nitrogens is 1. The summed E-state index contributed by atoms with van der Waals surface area (Å²) in [7, 11) is 1.77. The minimum absolute atomic E-state index is 0.168. The van der Waals surface area contributed by atoms with Crippen molar-refractivity contribution in [3.8, 4) is 0 Å². The van der Waals surface area contributed by atoms with E-state index in [1.807, 2.05) is 19.1 Å². The Labute approximate surface area is 111 Å². The van der Waals surface area contributed by atoms with Crippen LogP contribution in [0.25, 0.3) is 0 Å². The van der Waals surface area contributed by atoms with Crippen molar-refractivity contribution in [3.63, 3.8) is 0 Å². The molecule has 19 heavy (non-hydrogen) atoms. The Bertz CT molecular complexity index is 550. The van der Waals surface area contributed by atoms with Crippen molar-refractivity contribution in [2.24, 2.45) is 0 Å². The lowest BCUT2D eigenvalue weighted by Crippen LogP contribution is -2.20. The summed E-state index contributed by atoms with van der Waals surface area (Å²) in [5.74, 6) is -1.12. The largest absolute Gasteiger partial charge is 0.313 e. The van der Waals surface area contributed by atoms with Crippen LogP contribution < -0.4 is 5.32 Å². The first kappa shape index (κ1) is 13.6. The summed E-state index contributed by atoms with van der Waals surface area (Å²) in [5, 5.41) is 3.08. The molecule has 0 aliphatic heterocycles. The molecule has 1 aromatic carbocycles. The molecule has 2 rings (SSSR count). The summed E-state index contributed by atoms with van der Waals surface area (Å²) < 4.78 is 26.5. The van der Waals surface area contributed by atoms with Crippen LogP contribution in [0.2, 0.25) is 0 Å². The van der Waals surface area contributed by atoms with Crippen LogP contribution in [0.4, 0.5) is 8.78 Å². The first-order valence-electron chi connectivity index (χ1n) is 6.14. The maximum atomic E-state index is 13.3. The van der Waals surface area contributed by atoms with E-state index in [4.69, 9.17) is 0 Å². The number of pyridine rings is 1. The van der Waals surface area contributed by atoms with E-state index in [-0.39, 0.29) is 6.04 Å². The molecule has 2 nitrogen and oxygen atoms in total. The molecule has 0 spiro atoms. The van der Waals surface area contributed by atoms with Gasteiger partial charge in [-0.05, 0) is 43.3 Å². The highest BCUT2D eigenvalue weighted by molar-refractivity contribution is 5.25. The lowest BCUT2D eigenvalue weighted by Gasteiger charge is -2.17. The van der Waals surface area contributed by atoms with Crippen LogP contribution in [0.1, 0.15) is 22.9 Å². The smallest absolute Gasteiger partial charge is 0.126 e. The summed E-state index contributed by atoms with van der Waals surface area (Å²) in [6, 6.07) is 7.25. The van der Waals surface area contributed by atoms with Gasteiger partial charge in [0.05, 0.1) is 0 Å². The standard InChI is InChI=1S/C15H16F2N2/c1-10-4-3-5-19-14(10)9-15(18-2)11-6-12(16)8-13(17)7-11/h3-8,15,18H,9H2,1-2H3. The predicted octanol–water partition coefficient (Wildman–Crippen LogP) is 3.17. The van der Waals surface area contributed by atoms with Crippen molar-refractivity contribution < 1.29 is 8.78 Å². The first-order chi connectivity index (χ1) is 9.10. The zero-order valence-corrected chi connectivity index (χ0v) is 11.0. The van der Waals surface area contributed by atoms with Crippen molar-refractivity contribution in [1.29, 1.82) is 0 Å². The van der Waals surface area contributed by atoms with Crippen molar-refractivity contribution in [1.82, 2.24) is 10.3 Å². The van der Waals surface area contributed by atoms with E-state index in [0.717, 1.165) is 17.3 Å². The molecule has 0 bridgehead atoms. The fraction of sp³-hybridized carbons (Fsp3) is 0.267. The van der Waals surface area contributed by atoms with Crippen LogP contribution in [0.5, 0.6) is 0 Å². The van der Waals surface area contributed by atoms with Gasteiger partial charge in [-0.2, -0.15) is 0 Å². The zero-order chi connectivity index (χ0) is 13.8. The third-order valence-electron chi connectivity index (χ3n) is 3.15. The third kappa shape index (κ3) is 3.35. The Morgan fingerprint density at radius 3 is 2.47 bits per heavy atom. The molecule has 0 saturated carbocycles. The Hall–Kier alpha value is -1.81. The molecule has 1 unspecified atom stereocenters. The molecule has 1 aromatic heterocycles. The molecule has 4 heteroatoms. The number of benzene rings is 1. The van der Waals surface area contributed by atoms with Crippen LogP contribution in [-0.2, 0) is 6.42 Å². The van der Waals surface area contributed by atoms with Crippen LogP contribution >= 0.6 is 0 Å². The van der Waals surface area contributed by atoms with Crippen LogP contribution in [0, 0.1) is 18.6 Å². The van der Waals surface area contributed by atoms with Gasteiger partial charge in [-0.1, -0.05) is 6.07 Å². The van der Waals surface area contributed by atoms with E-state index in [1.54, 1.807) is 13.2 Å². The minimum Gasteiger partial charge on any atom is -0.313 e. The fourth-order valence-corrected chi connectivity index (χ4v) is 2.09. The van der Waals surface area contributed by atoms with Gasteiger partial charge < -0.3 is 5.32 Å². The van der Waals surface area contributed by atoms with Gasteiger partial charge in [-0.25, -0.2) is 8.78 Å². The van der Waals surface area contributed by atoms with Crippen molar-refractivity contribution in [2.75, 3.05) is 7.05 Å². The average Bonchev–Trinajstić information content (AvgIpc) is 2.36. The topological polar surface area (TPSA) is 24.9 Å². The van der Waals surface area contributed by atoms with Gasteiger partial charge >= 0.3 is 0 Å². The van der Waals surface area contributed by atoms with E-state index >= 15 is 0 Å². The van der Waals surface area contributed by atoms with Gasteiger partial charge in [0.2, 0.25) is 0 Å². The number of hydrogen-bond acceptors (Lipinski definition) is 2. The van der Waals surface area contributed by atoms with E-state index in [2.05, 4.69) is 10.3 Å². The summed E-state index contributed by atoms with van der Waals surface area (Å²) in [6.07, 6.45) is 2.31. The van der Waals surface area contributed by atoms with Crippen molar-refractivity contribution >= 4 is 0 Å². The number of nitrogens with zero attached hydrogens (tertiary/aromatic N) is 1. The lowest BCUT2D eigenvalue weighted by molar-refractivity contribution is 0.547. The Kier molecular flexibility index (Phi) is 4.22. The molecule has 0 aliphatic carbocycles. The first-order valence-corrected chi connectivity index (χ1v) is 6.14. The van der Waals surface area contributed by atoms with E-state index in [9.17, 15) is 8.78 Å². The predicted molar refractivity (Wildman–Crippen MR) is 70.8 cm³/mol.